The Kier molecular flexibility index (Phi) is 7.39. The molecule has 9 heteroatoms. The van der Waals surface area contributed by atoms with Gasteiger partial charge >= 0.3 is 5.97 Å². The lowest BCUT2D eigenvalue weighted by Gasteiger charge is -2.28. The number of nitrogens with zero attached hydrogens (tertiary/aromatic N) is 3. The third-order valence-electron chi connectivity index (χ3n) is 5.45. The minimum absolute atomic E-state index is 0.205. The SMILES string of the molecule is O=C(O)CC1=NN(c2ccccc2Cl)C(=O)C1=C(CN1CCOCC1)NCc1ccccc1. The lowest BCUT2D eigenvalue weighted by atomic mass is 10.0. The van der Waals surface area contributed by atoms with E-state index in [-0.39, 0.29) is 17.7 Å². The van der Waals surface area contributed by atoms with Crippen LogP contribution < -0.4 is 10.3 Å². The first-order valence-electron chi connectivity index (χ1n) is 10.7. The number of benzene rings is 2. The summed E-state index contributed by atoms with van der Waals surface area (Å²) in [7, 11) is 0. The van der Waals surface area contributed by atoms with Gasteiger partial charge in [0, 0.05) is 31.9 Å². The van der Waals surface area contributed by atoms with Gasteiger partial charge in [0.25, 0.3) is 5.91 Å². The quantitative estimate of drug-likeness (QED) is 0.578. The normalized spacial score (nSPS) is 18.3. The Bertz CT molecular complexity index is 1080. The molecule has 0 radical (unpaired) electrons. The van der Waals surface area contributed by atoms with Crippen LogP contribution in [-0.2, 0) is 20.9 Å². The second kappa shape index (κ2) is 10.6. The lowest BCUT2D eigenvalue weighted by Crippen LogP contribution is -2.40. The summed E-state index contributed by atoms with van der Waals surface area (Å²) in [6, 6.07) is 16.7. The van der Waals surface area contributed by atoms with Crippen LogP contribution in [0.3, 0.4) is 0 Å². The molecule has 0 saturated carbocycles. The van der Waals surface area contributed by atoms with Crippen molar-refractivity contribution in [1.29, 1.82) is 0 Å². The molecule has 0 atom stereocenters. The molecule has 2 aromatic carbocycles. The fraction of sp³-hybridized carbons (Fsp3) is 0.292. The van der Waals surface area contributed by atoms with Crippen molar-refractivity contribution in [3.63, 3.8) is 0 Å². The van der Waals surface area contributed by atoms with Gasteiger partial charge in [0.2, 0.25) is 0 Å². The number of carbonyl (C=O) groups is 2. The number of rotatable bonds is 8. The molecule has 8 nitrogen and oxygen atoms in total. The largest absolute Gasteiger partial charge is 0.481 e. The first-order valence-corrected chi connectivity index (χ1v) is 11.1. The van der Waals surface area contributed by atoms with E-state index < -0.39 is 11.9 Å². The van der Waals surface area contributed by atoms with Gasteiger partial charge in [-0.1, -0.05) is 54.1 Å². The highest BCUT2D eigenvalue weighted by Crippen LogP contribution is 2.31. The number of halogens is 1. The van der Waals surface area contributed by atoms with Gasteiger partial charge in [-0.05, 0) is 17.7 Å². The molecule has 2 aliphatic rings. The van der Waals surface area contributed by atoms with Crippen molar-refractivity contribution in [3.05, 3.63) is 76.5 Å². The third kappa shape index (κ3) is 5.60. The zero-order valence-electron chi connectivity index (χ0n) is 18.0. The van der Waals surface area contributed by atoms with Crippen LogP contribution in [0.4, 0.5) is 5.69 Å². The number of ether oxygens (including phenoxy) is 1. The van der Waals surface area contributed by atoms with Crippen LogP contribution >= 0.6 is 11.6 Å². The summed E-state index contributed by atoms with van der Waals surface area (Å²) in [6.45, 7) is 3.60. The highest BCUT2D eigenvalue weighted by Gasteiger charge is 2.36. The molecule has 2 heterocycles. The zero-order valence-corrected chi connectivity index (χ0v) is 18.8. The fourth-order valence-corrected chi connectivity index (χ4v) is 4.03. The van der Waals surface area contributed by atoms with Crippen LogP contribution in [0.1, 0.15) is 12.0 Å². The van der Waals surface area contributed by atoms with Crippen molar-refractivity contribution in [3.8, 4) is 0 Å². The second-order valence-corrected chi connectivity index (χ2v) is 8.17. The molecule has 172 valence electrons. The third-order valence-corrected chi connectivity index (χ3v) is 5.77. The molecule has 0 aliphatic carbocycles. The van der Waals surface area contributed by atoms with E-state index in [1.54, 1.807) is 24.3 Å². The van der Waals surface area contributed by atoms with Gasteiger partial charge in [0.05, 0.1) is 41.6 Å². The number of carboxylic acids is 1. The summed E-state index contributed by atoms with van der Waals surface area (Å²) in [5, 5.41) is 18.8. The van der Waals surface area contributed by atoms with Crippen LogP contribution in [0.5, 0.6) is 0 Å². The number of para-hydroxylation sites is 1. The van der Waals surface area contributed by atoms with E-state index in [0.717, 1.165) is 18.7 Å². The van der Waals surface area contributed by atoms with E-state index in [1.807, 2.05) is 30.3 Å². The molecule has 0 spiro atoms. The molecule has 1 saturated heterocycles. The van der Waals surface area contributed by atoms with Crippen molar-refractivity contribution >= 4 is 34.9 Å². The van der Waals surface area contributed by atoms with Crippen molar-refractivity contribution in [1.82, 2.24) is 10.2 Å². The number of hydrogen-bond donors (Lipinski definition) is 2. The number of hydrogen-bond acceptors (Lipinski definition) is 6. The number of carbonyl (C=O) groups excluding carboxylic acids is 1. The van der Waals surface area contributed by atoms with Gasteiger partial charge in [-0.2, -0.15) is 10.1 Å². The van der Waals surface area contributed by atoms with Gasteiger partial charge in [0.15, 0.2) is 0 Å². The highest BCUT2D eigenvalue weighted by atomic mass is 35.5. The summed E-state index contributed by atoms with van der Waals surface area (Å²) in [5.41, 5.74) is 2.58. The van der Waals surface area contributed by atoms with Gasteiger partial charge in [-0.15, -0.1) is 0 Å². The predicted molar refractivity (Wildman–Crippen MR) is 126 cm³/mol. The number of nitrogens with one attached hydrogen (secondary N) is 1. The maximum Gasteiger partial charge on any atom is 0.309 e. The summed E-state index contributed by atoms with van der Waals surface area (Å²) in [4.78, 5) is 27.3. The first kappa shape index (κ1) is 23.0. The number of aliphatic carboxylic acids is 1. The number of amides is 1. The van der Waals surface area contributed by atoms with Gasteiger partial charge in [0.1, 0.15) is 0 Å². The van der Waals surface area contributed by atoms with Gasteiger partial charge in [-0.3, -0.25) is 14.5 Å². The smallest absolute Gasteiger partial charge is 0.309 e. The minimum atomic E-state index is -1.06. The Morgan fingerprint density at radius 3 is 2.48 bits per heavy atom. The molecular weight excluding hydrogens is 444 g/mol. The van der Waals surface area contributed by atoms with E-state index in [9.17, 15) is 14.7 Å². The average molecular weight is 469 g/mol. The number of carboxylic acid groups (broad SMARTS) is 1. The maximum absolute atomic E-state index is 13.6. The molecule has 2 aliphatic heterocycles. The summed E-state index contributed by atoms with van der Waals surface area (Å²) in [6.07, 6.45) is -0.373. The molecule has 33 heavy (non-hydrogen) atoms. The molecule has 0 aromatic heterocycles. The van der Waals surface area contributed by atoms with E-state index in [0.29, 0.717) is 42.7 Å². The highest BCUT2D eigenvalue weighted by molar-refractivity contribution is 6.37. The Balaban J connectivity index is 1.72. The van der Waals surface area contributed by atoms with Crippen LogP contribution in [0.2, 0.25) is 5.02 Å². The minimum Gasteiger partial charge on any atom is -0.481 e. The Hall–Kier alpha value is -3.20. The topological polar surface area (TPSA) is 94.5 Å². The van der Waals surface area contributed by atoms with Crippen molar-refractivity contribution in [2.24, 2.45) is 5.10 Å². The number of hydrazone groups is 1. The van der Waals surface area contributed by atoms with E-state index >= 15 is 0 Å². The van der Waals surface area contributed by atoms with Crippen LogP contribution in [0.25, 0.3) is 0 Å². The number of morpholine rings is 1. The Labute approximate surface area is 197 Å². The molecule has 2 N–H and O–H groups in total. The molecule has 1 fully saturated rings. The van der Waals surface area contributed by atoms with Crippen LogP contribution in [-0.4, -0.2) is 60.4 Å². The molecule has 0 unspecified atom stereocenters. The van der Waals surface area contributed by atoms with Crippen molar-refractivity contribution < 1.29 is 19.4 Å². The summed E-state index contributed by atoms with van der Waals surface area (Å²) in [5.74, 6) is -1.46. The van der Waals surface area contributed by atoms with Crippen LogP contribution in [0, 0.1) is 0 Å². The van der Waals surface area contributed by atoms with Gasteiger partial charge in [-0.25, -0.2) is 0 Å². The monoisotopic (exact) mass is 468 g/mol. The molecular formula is C24H25ClN4O4. The standard InChI is InChI=1S/C24H25ClN4O4/c25-18-8-4-5-9-21(18)29-24(32)23(19(27-29)14-22(30)31)20(16-28-10-12-33-13-11-28)26-15-17-6-2-1-3-7-17/h1-9,26H,10-16H2,(H,30,31). The van der Waals surface area contributed by atoms with E-state index in [4.69, 9.17) is 16.3 Å². The average Bonchev–Trinajstić information content (AvgIpc) is 3.13. The van der Waals surface area contributed by atoms with E-state index in [2.05, 4.69) is 15.3 Å². The Morgan fingerprint density at radius 1 is 1.09 bits per heavy atom. The summed E-state index contributed by atoms with van der Waals surface area (Å²) < 4.78 is 5.45. The first-order chi connectivity index (χ1) is 16.0. The molecule has 1 amide bonds. The van der Waals surface area contributed by atoms with Gasteiger partial charge < -0.3 is 15.2 Å². The molecule has 0 bridgehead atoms. The van der Waals surface area contributed by atoms with Crippen LogP contribution in [0.15, 0.2) is 71.0 Å². The Morgan fingerprint density at radius 2 is 1.79 bits per heavy atom. The van der Waals surface area contributed by atoms with Crippen molar-refractivity contribution in [2.45, 2.75) is 13.0 Å². The summed E-state index contributed by atoms with van der Waals surface area (Å²) >= 11 is 6.31. The molecule has 4 rings (SSSR count). The lowest BCUT2D eigenvalue weighted by molar-refractivity contribution is -0.135. The van der Waals surface area contributed by atoms with Crippen molar-refractivity contribution in [2.75, 3.05) is 37.9 Å². The predicted octanol–water partition coefficient (Wildman–Crippen LogP) is 2.89. The fourth-order valence-electron chi connectivity index (χ4n) is 3.81. The van der Waals surface area contributed by atoms with E-state index in [1.165, 1.54) is 5.01 Å². The number of anilines is 1. The molecule has 2 aromatic rings. The second-order valence-electron chi connectivity index (χ2n) is 7.77. The zero-order chi connectivity index (χ0) is 23.2. The maximum atomic E-state index is 13.6.